The van der Waals surface area contributed by atoms with E-state index in [0.29, 0.717) is 0 Å². The van der Waals surface area contributed by atoms with Crippen LogP contribution in [0.5, 0.6) is 0 Å². The molecule has 0 bridgehead atoms. The van der Waals surface area contributed by atoms with Crippen LogP contribution in [0.25, 0.3) is 78.6 Å². The lowest BCUT2D eigenvalue weighted by Crippen LogP contribution is -2.10. The molecule has 234 valence electrons. The van der Waals surface area contributed by atoms with Crippen molar-refractivity contribution in [3.8, 4) is 5.69 Å². The van der Waals surface area contributed by atoms with Crippen LogP contribution in [0.2, 0.25) is 0 Å². The summed E-state index contributed by atoms with van der Waals surface area (Å²) in [7, 11) is 0. The van der Waals surface area contributed by atoms with E-state index in [1.54, 1.807) is 0 Å². The molecule has 0 fully saturated rings. The minimum atomic E-state index is 1.12. The maximum Gasteiger partial charge on any atom is 0.0561 e. The minimum Gasteiger partial charge on any atom is -0.310 e. The second-order valence-electron chi connectivity index (χ2n) is 12.9. The van der Waals surface area contributed by atoms with Crippen LogP contribution in [0.15, 0.2) is 170 Å². The first-order valence-corrected chi connectivity index (χ1v) is 18.6. The highest BCUT2D eigenvalue weighted by Gasteiger charge is 2.19. The van der Waals surface area contributed by atoms with Gasteiger partial charge in [-0.3, -0.25) is 0 Å². The summed E-state index contributed by atoms with van der Waals surface area (Å²) in [4.78, 5) is 2.44. The number of fused-ring (bicyclic) bond motifs is 11. The fraction of sp³-hybridized carbons (Fsp3) is 0. The Hall–Kier alpha value is -5.94. The first-order valence-electron chi connectivity index (χ1n) is 16.9. The molecule has 0 N–H and O–H groups in total. The Balaban J connectivity index is 1.18. The number of benzene rings is 8. The number of para-hydroxylation sites is 2. The molecule has 0 unspecified atom stereocenters. The van der Waals surface area contributed by atoms with E-state index in [9.17, 15) is 0 Å². The van der Waals surface area contributed by atoms with Crippen LogP contribution in [0.4, 0.5) is 17.1 Å². The van der Waals surface area contributed by atoms with Crippen molar-refractivity contribution in [1.82, 2.24) is 4.57 Å². The lowest BCUT2D eigenvalue weighted by atomic mass is 10.0. The first kappa shape index (κ1) is 28.0. The number of thiophene rings is 2. The standard InChI is InChI=1S/C46H28N2S2/c1-2-10-30(11-3-1)48-40-15-7-4-12-35(40)36-23-20-33(28-41(36)48)47(32-21-25-44-39(27-32)37-13-5-8-16-42(37)49-44)31-19-22-34-29(26-31)18-24-45-46(34)38-14-6-9-17-43(38)50-45/h1-28H. The Kier molecular flexibility index (Phi) is 6.03. The zero-order valence-corrected chi connectivity index (χ0v) is 28.5. The fourth-order valence-corrected chi connectivity index (χ4v) is 10.1. The highest BCUT2D eigenvalue weighted by atomic mass is 32.1. The molecule has 3 heterocycles. The molecule has 0 saturated carbocycles. The van der Waals surface area contributed by atoms with Crippen LogP contribution in [-0.4, -0.2) is 4.57 Å². The smallest absolute Gasteiger partial charge is 0.0561 e. The Morgan fingerprint density at radius 1 is 0.360 bits per heavy atom. The van der Waals surface area contributed by atoms with Gasteiger partial charge in [0.1, 0.15) is 0 Å². The van der Waals surface area contributed by atoms with Gasteiger partial charge in [-0.15, -0.1) is 22.7 Å². The summed E-state index contributed by atoms with van der Waals surface area (Å²) >= 11 is 3.74. The Labute approximate surface area is 296 Å². The Morgan fingerprint density at radius 2 is 0.940 bits per heavy atom. The lowest BCUT2D eigenvalue weighted by molar-refractivity contribution is 1.18. The zero-order chi connectivity index (χ0) is 32.8. The second-order valence-corrected chi connectivity index (χ2v) is 15.1. The van der Waals surface area contributed by atoms with Gasteiger partial charge in [0, 0.05) is 73.9 Å². The molecule has 0 aliphatic carbocycles. The molecule has 50 heavy (non-hydrogen) atoms. The average molecular weight is 673 g/mol. The van der Waals surface area contributed by atoms with E-state index in [0.717, 1.165) is 22.7 Å². The van der Waals surface area contributed by atoms with Crippen molar-refractivity contribution in [3.05, 3.63) is 170 Å². The van der Waals surface area contributed by atoms with Crippen LogP contribution < -0.4 is 4.90 Å². The van der Waals surface area contributed by atoms with Gasteiger partial charge in [0.2, 0.25) is 0 Å². The van der Waals surface area contributed by atoms with Gasteiger partial charge in [-0.1, -0.05) is 91.0 Å². The number of rotatable bonds is 4. The van der Waals surface area contributed by atoms with Crippen molar-refractivity contribution in [2.75, 3.05) is 4.90 Å². The summed E-state index contributed by atoms with van der Waals surface area (Å²) in [5, 5.41) is 10.3. The van der Waals surface area contributed by atoms with Gasteiger partial charge < -0.3 is 9.47 Å². The van der Waals surface area contributed by atoms with Gasteiger partial charge in [-0.25, -0.2) is 0 Å². The van der Waals surface area contributed by atoms with Crippen LogP contribution in [-0.2, 0) is 0 Å². The largest absolute Gasteiger partial charge is 0.310 e. The van der Waals surface area contributed by atoms with Gasteiger partial charge >= 0.3 is 0 Å². The monoisotopic (exact) mass is 672 g/mol. The summed E-state index contributed by atoms with van der Waals surface area (Å²) in [5.74, 6) is 0. The summed E-state index contributed by atoms with van der Waals surface area (Å²) in [5.41, 5.74) is 6.96. The third-order valence-electron chi connectivity index (χ3n) is 10.1. The molecule has 0 aliphatic heterocycles. The average Bonchev–Trinajstić information content (AvgIpc) is 3.84. The molecule has 4 heteroatoms. The van der Waals surface area contributed by atoms with Crippen molar-refractivity contribution in [2.24, 2.45) is 0 Å². The second kappa shape index (κ2) is 10.8. The van der Waals surface area contributed by atoms with Gasteiger partial charge in [-0.2, -0.15) is 0 Å². The van der Waals surface area contributed by atoms with E-state index in [-0.39, 0.29) is 0 Å². The van der Waals surface area contributed by atoms with E-state index in [1.807, 2.05) is 22.7 Å². The molecule has 0 amide bonds. The van der Waals surface area contributed by atoms with E-state index in [2.05, 4.69) is 179 Å². The van der Waals surface area contributed by atoms with Gasteiger partial charge in [-0.05, 0) is 89.6 Å². The molecule has 3 aromatic heterocycles. The van der Waals surface area contributed by atoms with E-state index >= 15 is 0 Å². The summed E-state index contributed by atoms with van der Waals surface area (Å²) in [6, 6.07) is 62.5. The van der Waals surface area contributed by atoms with E-state index in [1.165, 1.54) is 72.9 Å². The maximum atomic E-state index is 2.44. The topological polar surface area (TPSA) is 8.17 Å². The number of hydrogen-bond donors (Lipinski definition) is 0. The number of anilines is 3. The predicted octanol–water partition coefficient (Wildman–Crippen LogP) is 14.1. The van der Waals surface area contributed by atoms with E-state index < -0.39 is 0 Å². The molecule has 8 aromatic carbocycles. The van der Waals surface area contributed by atoms with Gasteiger partial charge in [0.05, 0.1) is 11.0 Å². The fourth-order valence-electron chi connectivity index (χ4n) is 7.93. The third-order valence-corrected chi connectivity index (χ3v) is 12.4. The minimum absolute atomic E-state index is 1.12. The van der Waals surface area contributed by atoms with Crippen LogP contribution in [0.1, 0.15) is 0 Å². The van der Waals surface area contributed by atoms with E-state index in [4.69, 9.17) is 0 Å². The zero-order valence-electron chi connectivity index (χ0n) is 26.9. The summed E-state index contributed by atoms with van der Waals surface area (Å²) in [6.07, 6.45) is 0. The predicted molar refractivity (Wildman–Crippen MR) is 219 cm³/mol. The molecular formula is C46H28N2S2. The van der Waals surface area contributed by atoms with Crippen molar-refractivity contribution < 1.29 is 0 Å². The van der Waals surface area contributed by atoms with Crippen molar-refractivity contribution in [2.45, 2.75) is 0 Å². The number of aromatic nitrogens is 1. The molecule has 0 aliphatic rings. The van der Waals surface area contributed by atoms with Crippen LogP contribution in [0, 0.1) is 0 Å². The van der Waals surface area contributed by atoms with Crippen LogP contribution in [0.3, 0.4) is 0 Å². The molecular weight excluding hydrogens is 645 g/mol. The number of nitrogens with zero attached hydrogens (tertiary/aromatic N) is 2. The highest BCUT2D eigenvalue weighted by molar-refractivity contribution is 7.26. The SMILES string of the molecule is c1ccc(-n2c3ccccc3c3ccc(N(c4ccc5c(ccc6sc7ccccc7c65)c4)c4ccc5sc6ccccc6c5c4)cc32)cc1. The maximum absolute atomic E-state index is 2.44. The molecule has 0 saturated heterocycles. The first-order chi connectivity index (χ1) is 24.8. The molecule has 11 aromatic rings. The molecule has 0 atom stereocenters. The third kappa shape index (κ3) is 4.13. The Bertz CT molecular complexity index is 3110. The van der Waals surface area contributed by atoms with Gasteiger partial charge in [0.15, 0.2) is 0 Å². The van der Waals surface area contributed by atoms with Gasteiger partial charge in [0.25, 0.3) is 0 Å². The molecule has 0 radical (unpaired) electrons. The molecule has 2 nitrogen and oxygen atoms in total. The Morgan fingerprint density at radius 3 is 1.80 bits per heavy atom. The summed E-state index contributed by atoms with van der Waals surface area (Å²) in [6.45, 7) is 0. The normalized spacial score (nSPS) is 12.0. The number of hydrogen-bond acceptors (Lipinski definition) is 3. The molecule has 11 rings (SSSR count). The van der Waals surface area contributed by atoms with Crippen molar-refractivity contribution >= 4 is 113 Å². The van der Waals surface area contributed by atoms with Crippen molar-refractivity contribution in [1.29, 1.82) is 0 Å². The lowest BCUT2D eigenvalue weighted by Gasteiger charge is -2.26. The summed E-state index contributed by atoms with van der Waals surface area (Å²) < 4.78 is 7.69. The van der Waals surface area contributed by atoms with Crippen molar-refractivity contribution in [3.63, 3.8) is 0 Å². The quantitative estimate of drug-likeness (QED) is 0.181. The van der Waals surface area contributed by atoms with Crippen LogP contribution >= 0.6 is 22.7 Å². The molecule has 0 spiro atoms. The highest BCUT2D eigenvalue weighted by Crippen LogP contribution is 2.45.